The van der Waals surface area contributed by atoms with Crippen LogP contribution >= 0.6 is 15.6 Å². The van der Waals surface area contributed by atoms with Gasteiger partial charge in [-0.3, -0.25) is 37.3 Å². The summed E-state index contributed by atoms with van der Waals surface area (Å²) >= 11 is 0. The van der Waals surface area contributed by atoms with Crippen LogP contribution in [0.3, 0.4) is 0 Å². The summed E-state index contributed by atoms with van der Waals surface area (Å²) < 4.78 is 68.6. The van der Waals surface area contributed by atoms with Gasteiger partial charge in [0.15, 0.2) is 12.2 Å². The Bertz CT molecular complexity index is 1870. The van der Waals surface area contributed by atoms with Crippen LogP contribution in [-0.2, 0) is 65.4 Å². The molecule has 0 aromatic rings. The maximum Gasteiger partial charge on any atom is 0.472 e. The van der Waals surface area contributed by atoms with E-state index in [2.05, 4.69) is 39.8 Å². The second kappa shape index (κ2) is 71.2. The van der Waals surface area contributed by atoms with Crippen molar-refractivity contribution in [3.05, 3.63) is 12.2 Å². The van der Waals surface area contributed by atoms with Gasteiger partial charge in [0.25, 0.3) is 0 Å². The van der Waals surface area contributed by atoms with Crippen LogP contribution in [0.1, 0.15) is 400 Å². The van der Waals surface area contributed by atoms with Crippen LogP contribution in [0.2, 0.25) is 0 Å². The summed E-state index contributed by atoms with van der Waals surface area (Å²) in [4.78, 5) is 72.9. The molecule has 0 heterocycles. The molecule has 0 saturated carbocycles. The predicted octanol–water partition coefficient (Wildman–Crippen LogP) is 22.8. The van der Waals surface area contributed by atoms with E-state index in [1.807, 2.05) is 0 Å². The molecule has 0 bridgehead atoms. The molecule has 17 nitrogen and oxygen atoms in total. The molecule has 0 aliphatic heterocycles. The van der Waals surface area contributed by atoms with Crippen molar-refractivity contribution < 1.29 is 80.2 Å². The van der Waals surface area contributed by atoms with Crippen molar-refractivity contribution in [2.24, 2.45) is 0 Å². The van der Waals surface area contributed by atoms with E-state index >= 15 is 0 Å². The SMILES string of the molecule is CCCCCCCC/C=C\CCCCCCCC(=O)O[C@H](COC(=O)CCCCCCCCCCCCCCCCC)COP(=O)(O)OC[C@@H](O)COP(=O)(O)OC[C@@H](COC(=O)CCCCCCCCCCCCCCC)OC(=O)CCCCCCCCCCCCCCC. The van der Waals surface area contributed by atoms with Gasteiger partial charge in [0, 0.05) is 25.7 Å². The molecular weight excluding hydrogens is 1260 g/mol. The van der Waals surface area contributed by atoms with Crippen LogP contribution in [0, 0.1) is 0 Å². The van der Waals surface area contributed by atoms with Crippen molar-refractivity contribution in [2.45, 2.75) is 418 Å². The highest BCUT2D eigenvalue weighted by Crippen LogP contribution is 2.45. The Hall–Kier alpha value is -2.20. The monoisotopic (exact) mass is 1410 g/mol. The lowest BCUT2D eigenvalue weighted by molar-refractivity contribution is -0.161. The molecule has 0 aromatic heterocycles. The highest BCUT2D eigenvalue weighted by molar-refractivity contribution is 7.47. The van der Waals surface area contributed by atoms with Crippen molar-refractivity contribution in [3.8, 4) is 0 Å². The first kappa shape index (κ1) is 93.8. The Morgan fingerprint density at radius 2 is 0.479 bits per heavy atom. The lowest BCUT2D eigenvalue weighted by atomic mass is 10.0. The fourth-order valence-electron chi connectivity index (χ4n) is 11.6. The summed E-state index contributed by atoms with van der Waals surface area (Å²) in [6.45, 7) is 4.98. The van der Waals surface area contributed by atoms with Gasteiger partial charge in [-0.2, -0.15) is 0 Å². The zero-order valence-electron chi connectivity index (χ0n) is 62.1. The molecule has 3 N–H and O–H groups in total. The number of allylic oxidation sites excluding steroid dienone is 2. The molecule has 0 amide bonds. The highest BCUT2D eigenvalue weighted by Gasteiger charge is 2.30. The molecule has 5 atom stereocenters. The van der Waals surface area contributed by atoms with Crippen molar-refractivity contribution in [3.63, 3.8) is 0 Å². The number of hydrogen-bond donors (Lipinski definition) is 3. The lowest BCUT2D eigenvalue weighted by Crippen LogP contribution is -2.30. The number of phosphoric acid groups is 2. The number of carbonyl (C=O) groups is 4. The number of unbranched alkanes of at least 4 members (excludes halogenated alkanes) is 49. The van der Waals surface area contributed by atoms with E-state index in [4.69, 9.17) is 37.0 Å². The van der Waals surface area contributed by atoms with E-state index < -0.39 is 97.5 Å². The van der Waals surface area contributed by atoms with Crippen LogP contribution < -0.4 is 0 Å². The molecule has 0 rings (SSSR count). The lowest BCUT2D eigenvalue weighted by Gasteiger charge is -2.21. The van der Waals surface area contributed by atoms with Crippen molar-refractivity contribution in [1.82, 2.24) is 0 Å². The minimum atomic E-state index is -4.96. The molecular formula is C77H148O17P2. The average Bonchev–Trinajstić information content (AvgIpc) is 1.43. The summed E-state index contributed by atoms with van der Waals surface area (Å²) in [5.41, 5.74) is 0. The number of rotatable bonds is 77. The topological polar surface area (TPSA) is 237 Å². The third-order valence-electron chi connectivity index (χ3n) is 17.8. The third kappa shape index (κ3) is 70.2. The van der Waals surface area contributed by atoms with Gasteiger partial charge in [0.05, 0.1) is 26.4 Å². The molecule has 19 heteroatoms. The molecule has 0 aliphatic rings. The van der Waals surface area contributed by atoms with Crippen LogP contribution in [0.4, 0.5) is 0 Å². The molecule has 96 heavy (non-hydrogen) atoms. The summed E-state index contributed by atoms with van der Waals surface area (Å²) in [7, 11) is -9.92. The normalized spacial score (nSPS) is 13.9. The number of ether oxygens (including phenoxy) is 4. The zero-order valence-corrected chi connectivity index (χ0v) is 63.9. The molecule has 0 spiro atoms. The van der Waals surface area contributed by atoms with Crippen LogP contribution in [0.25, 0.3) is 0 Å². The second-order valence-corrected chi connectivity index (χ2v) is 30.3. The summed E-state index contributed by atoms with van der Waals surface area (Å²) in [5, 5.41) is 10.6. The molecule has 0 aromatic carbocycles. The second-order valence-electron chi connectivity index (χ2n) is 27.4. The Morgan fingerprint density at radius 3 is 0.719 bits per heavy atom. The number of phosphoric ester groups is 2. The van der Waals surface area contributed by atoms with Gasteiger partial charge in [0.2, 0.25) is 0 Å². The van der Waals surface area contributed by atoms with Gasteiger partial charge in [-0.25, -0.2) is 9.13 Å². The zero-order chi connectivity index (χ0) is 70.4. The first-order chi connectivity index (χ1) is 46.7. The largest absolute Gasteiger partial charge is 0.472 e. The molecule has 0 aliphatic carbocycles. The van der Waals surface area contributed by atoms with Crippen molar-refractivity contribution in [1.29, 1.82) is 0 Å². The smallest absolute Gasteiger partial charge is 0.462 e. The van der Waals surface area contributed by atoms with E-state index in [0.29, 0.717) is 25.7 Å². The molecule has 568 valence electrons. The Morgan fingerprint density at radius 1 is 0.281 bits per heavy atom. The number of hydrogen-bond acceptors (Lipinski definition) is 15. The summed E-state index contributed by atoms with van der Waals surface area (Å²) in [5.74, 6) is -2.12. The molecule has 2 unspecified atom stereocenters. The Balaban J connectivity index is 5.28. The minimum absolute atomic E-state index is 0.0952. The summed E-state index contributed by atoms with van der Waals surface area (Å²) in [6.07, 6.45) is 63.3. The Labute approximate surface area is 587 Å². The standard InChI is InChI=1S/C77H148O17P2/c1-5-9-13-17-21-25-29-33-35-39-42-46-50-54-58-62-75(80)88-68-73(94-77(82)64-60-56-52-48-44-40-36-34-30-26-22-18-14-10-6-2)70-92-96(85,86)90-66-71(78)65-89-95(83,84)91-69-72(93-76(81)63-59-55-51-47-43-38-32-28-24-20-16-12-8-4)67-87-74(79)61-57-53-49-45-41-37-31-27-23-19-15-11-7-3/h34,36,71-73,78H,5-33,35,37-70H2,1-4H3,(H,83,84)(H,85,86)/b36-34-/t71-,72+,73+/m0/s1. The average molecular weight is 1410 g/mol. The van der Waals surface area contributed by atoms with Gasteiger partial charge in [-0.15, -0.1) is 0 Å². The van der Waals surface area contributed by atoms with Crippen LogP contribution in [0.15, 0.2) is 12.2 Å². The maximum atomic E-state index is 13.1. The van der Waals surface area contributed by atoms with Gasteiger partial charge in [-0.05, 0) is 51.4 Å². The molecule has 0 radical (unpaired) electrons. The predicted molar refractivity (Wildman–Crippen MR) is 391 cm³/mol. The van der Waals surface area contributed by atoms with E-state index in [1.165, 1.54) is 218 Å². The highest BCUT2D eigenvalue weighted by atomic mass is 31.2. The van der Waals surface area contributed by atoms with Gasteiger partial charge >= 0.3 is 39.5 Å². The van der Waals surface area contributed by atoms with Gasteiger partial charge < -0.3 is 33.8 Å². The fraction of sp³-hybridized carbons (Fsp3) is 0.922. The van der Waals surface area contributed by atoms with Gasteiger partial charge in [0.1, 0.15) is 19.3 Å². The number of carbonyl (C=O) groups excluding carboxylic acids is 4. The van der Waals surface area contributed by atoms with E-state index in [1.54, 1.807) is 0 Å². The number of aliphatic hydroxyl groups excluding tert-OH is 1. The molecule has 0 fully saturated rings. The quantitative estimate of drug-likeness (QED) is 0.0169. The molecule has 0 saturated heterocycles. The maximum absolute atomic E-state index is 13.1. The minimum Gasteiger partial charge on any atom is -0.462 e. The number of aliphatic hydroxyl groups is 1. The van der Waals surface area contributed by atoms with Gasteiger partial charge in [-0.1, -0.05) is 335 Å². The van der Waals surface area contributed by atoms with Crippen molar-refractivity contribution in [2.75, 3.05) is 39.6 Å². The van der Waals surface area contributed by atoms with Crippen LogP contribution in [0.5, 0.6) is 0 Å². The van der Waals surface area contributed by atoms with E-state index in [-0.39, 0.29) is 25.7 Å². The summed E-state index contributed by atoms with van der Waals surface area (Å²) in [6, 6.07) is 0. The van der Waals surface area contributed by atoms with E-state index in [0.717, 1.165) is 103 Å². The first-order valence-electron chi connectivity index (χ1n) is 39.9. The first-order valence-corrected chi connectivity index (χ1v) is 42.9. The fourth-order valence-corrected chi connectivity index (χ4v) is 13.2. The van der Waals surface area contributed by atoms with Crippen molar-refractivity contribution >= 4 is 39.5 Å². The Kier molecular flexibility index (Phi) is 69.6. The third-order valence-corrected chi connectivity index (χ3v) is 19.7. The van der Waals surface area contributed by atoms with Crippen LogP contribution in [-0.4, -0.2) is 96.7 Å². The number of esters is 4. The van der Waals surface area contributed by atoms with E-state index in [9.17, 15) is 43.2 Å².